The smallest absolute Gasteiger partial charge is 0.236 e. The topological polar surface area (TPSA) is 46.3 Å². The van der Waals surface area contributed by atoms with E-state index in [0.717, 1.165) is 42.9 Å². The van der Waals surface area contributed by atoms with Crippen molar-refractivity contribution in [2.24, 2.45) is 0 Å². The van der Waals surface area contributed by atoms with Crippen molar-refractivity contribution in [3.63, 3.8) is 0 Å². The highest BCUT2D eigenvalue weighted by Gasteiger charge is 2.28. The van der Waals surface area contributed by atoms with Gasteiger partial charge in [0.05, 0.1) is 4.83 Å². The Bertz CT molecular complexity index is 582. The zero-order chi connectivity index (χ0) is 14.1. The summed E-state index contributed by atoms with van der Waals surface area (Å²) in [5.41, 5.74) is 1.75. The number of fused-ring (bicyclic) bond motifs is 1. The summed E-state index contributed by atoms with van der Waals surface area (Å²) in [6.45, 7) is 3.42. The van der Waals surface area contributed by atoms with Crippen LogP contribution in [0.5, 0.6) is 0 Å². The third kappa shape index (κ3) is 2.59. The van der Waals surface area contributed by atoms with Gasteiger partial charge in [-0.3, -0.25) is 4.79 Å². The van der Waals surface area contributed by atoms with Crippen LogP contribution in [0.25, 0.3) is 11.1 Å². The lowest BCUT2D eigenvalue weighted by molar-refractivity contribution is -0.131. The number of benzene rings is 1. The second kappa shape index (κ2) is 5.56. The van der Waals surface area contributed by atoms with Crippen molar-refractivity contribution >= 4 is 32.9 Å². The summed E-state index contributed by atoms with van der Waals surface area (Å²) in [6.07, 6.45) is 1.83. The van der Waals surface area contributed by atoms with Gasteiger partial charge < -0.3 is 9.32 Å². The summed E-state index contributed by atoms with van der Waals surface area (Å²) in [6, 6.07) is 7.83. The Morgan fingerprint density at radius 2 is 2.10 bits per heavy atom. The number of amides is 1. The number of alkyl halides is 1. The van der Waals surface area contributed by atoms with Gasteiger partial charge >= 0.3 is 0 Å². The molecule has 0 N–H and O–H groups in total. The fourth-order valence-corrected chi connectivity index (χ4v) is 2.95. The Kier molecular flexibility index (Phi) is 3.78. The van der Waals surface area contributed by atoms with Crippen molar-refractivity contribution in [1.29, 1.82) is 0 Å². The molecule has 5 heteroatoms. The molecule has 1 aliphatic heterocycles. The largest absolute Gasteiger partial charge is 0.440 e. The summed E-state index contributed by atoms with van der Waals surface area (Å²) in [5, 5.41) is 0. The molecule has 2 aromatic rings. The molecule has 0 aliphatic carbocycles. The summed E-state index contributed by atoms with van der Waals surface area (Å²) < 4.78 is 5.83. The maximum absolute atomic E-state index is 11.9. The number of nitrogens with zero attached hydrogens (tertiary/aromatic N) is 2. The highest BCUT2D eigenvalue weighted by atomic mass is 79.9. The minimum atomic E-state index is -0.108. The van der Waals surface area contributed by atoms with Gasteiger partial charge in [-0.25, -0.2) is 4.98 Å². The molecule has 0 spiro atoms. The molecule has 3 rings (SSSR count). The minimum absolute atomic E-state index is 0.108. The highest BCUT2D eigenvalue weighted by molar-refractivity contribution is 9.10. The van der Waals surface area contributed by atoms with Gasteiger partial charge in [0.2, 0.25) is 5.91 Å². The number of carbonyl (C=O) groups excluding carboxylic acids is 1. The Morgan fingerprint density at radius 3 is 2.75 bits per heavy atom. The third-order valence-corrected chi connectivity index (χ3v) is 4.20. The summed E-state index contributed by atoms with van der Waals surface area (Å²) in [7, 11) is 0. The first-order valence-corrected chi connectivity index (χ1v) is 7.85. The molecular weight excluding hydrogens is 320 g/mol. The molecular formula is C15H17BrN2O2. The molecule has 0 saturated carbocycles. The van der Waals surface area contributed by atoms with Crippen molar-refractivity contribution < 1.29 is 9.21 Å². The zero-order valence-electron chi connectivity index (χ0n) is 11.4. The first-order valence-electron chi connectivity index (χ1n) is 6.93. The fraction of sp³-hybridized carbons (Fsp3) is 0.467. The number of carbonyl (C=O) groups is 1. The number of likely N-dealkylation sites (tertiary alicyclic amines) is 1. The summed E-state index contributed by atoms with van der Waals surface area (Å²) >= 11 is 3.34. The second-order valence-electron chi connectivity index (χ2n) is 5.24. The van der Waals surface area contributed by atoms with E-state index in [-0.39, 0.29) is 10.7 Å². The van der Waals surface area contributed by atoms with Crippen molar-refractivity contribution in [2.45, 2.75) is 30.5 Å². The van der Waals surface area contributed by atoms with Gasteiger partial charge in [-0.05, 0) is 31.9 Å². The van der Waals surface area contributed by atoms with Crippen LogP contribution in [0, 0.1) is 0 Å². The molecule has 1 unspecified atom stereocenters. The van der Waals surface area contributed by atoms with Crippen molar-refractivity contribution in [2.75, 3.05) is 13.1 Å². The first-order chi connectivity index (χ1) is 9.65. The second-order valence-corrected chi connectivity index (χ2v) is 6.61. The maximum atomic E-state index is 11.9. The van der Waals surface area contributed by atoms with Crippen molar-refractivity contribution in [3.8, 4) is 0 Å². The van der Waals surface area contributed by atoms with Gasteiger partial charge in [0.25, 0.3) is 0 Å². The van der Waals surface area contributed by atoms with E-state index in [1.165, 1.54) is 0 Å². The molecule has 2 heterocycles. The number of aromatic nitrogens is 1. The average molecular weight is 337 g/mol. The van der Waals surface area contributed by atoms with Gasteiger partial charge in [0.15, 0.2) is 11.5 Å². The van der Waals surface area contributed by atoms with E-state index >= 15 is 0 Å². The quantitative estimate of drug-likeness (QED) is 0.790. The standard InChI is InChI=1S/C15H17BrN2O2/c1-10(16)15(19)18-8-6-11(7-9-18)14-17-12-4-2-3-5-13(12)20-14/h2-5,10-11H,6-9H2,1H3. The molecule has 1 aliphatic rings. The van der Waals surface area contributed by atoms with Crippen LogP contribution < -0.4 is 0 Å². The van der Waals surface area contributed by atoms with Gasteiger partial charge in [0, 0.05) is 19.0 Å². The SMILES string of the molecule is CC(Br)C(=O)N1CCC(c2nc3ccccc3o2)CC1. The van der Waals surface area contributed by atoms with Crippen LogP contribution in [0.3, 0.4) is 0 Å². The Morgan fingerprint density at radius 1 is 1.40 bits per heavy atom. The van der Waals surface area contributed by atoms with Gasteiger partial charge in [-0.2, -0.15) is 0 Å². The van der Waals surface area contributed by atoms with Crippen LogP contribution in [0.15, 0.2) is 28.7 Å². The minimum Gasteiger partial charge on any atom is -0.440 e. The van der Waals surface area contributed by atoms with E-state index in [4.69, 9.17) is 4.42 Å². The van der Waals surface area contributed by atoms with E-state index < -0.39 is 0 Å². The van der Waals surface area contributed by atoms with Crippen LogP contribution in [-0.2, 0) is 4.79 Å². The predicted octanol–water partition coefficient (Wildman–Crippen LogP) is 3.32. The highest BCUT2D eigenvalue weighted by Crippen LogP contribution is 2.30. The Labute approximate surface area is 126 Å². The van der Waals surface area contributed by atoms with Crippen LogP contribution in [0.2, 0.25) is 0 Å². The maximum Gasteiger partial charge on any atom is 0.236 e. The third-order valence-electron chi connectivity index (χ3n) is 3.81. The molecule has 1 saturated heterocycles. The molecule has 20 heavy (non-hydrogen) atoms. The number of hydrogen-bond acceptors (Lipinski definition) is 3. The molecule has 4 nitrogen and oxygen atoms in total. The lowest BCUT2D eigenvalue weighted by Crippen LogP contribution is -2.41. The Hall–Kier alpha value is -1.36. The van der Waals surface area contributed by atoms with Crippen molar-refractivity contribution in [3.05, 3.63) is 30.2 Å². The number of halogens is 1. The van der Waals surface area contributed by atoms with E-state index in [0.29, 0.717) is 5.92 Å². The number of hydrogen-bond donors (Lipinski definition) is 0. The number of piperidine rings is 1. The number of oxazole rings is 1. The monoisotopic (exact) mass is 336 g/mol. The summed E-state index contributed by atoms with van der Waals surface area (Å²) in [5.74, 6) is 1.29. The van der Waals surface area contributed by atoms with E-state index in [1.807, 2.05) is 36.1 Å². The molecule has 1 aromatic heterocycles. The normalized spacial score (nSPS) is 18.4. The molecule has 1 aromatic carbocycles. The molecule has 1 atom stereocenters. The van der Waals surface area contributed by atoms with Gasteiger partial charge in [-0.15, -0.1) is 0 Å². The van der Waals surface area contributed by atoms with E-state index in [2.05, 4.69) is 20.9 Å². The predicted molar refractivity (Wildman–Crippen MR) is 81.0 cm³/mol. The average Bonchev–Trinajstić information content (AvgIpc) is 2.90. The van der Waals surface area contributed by atoms with Crippen LogP contribution in [0.4, 0.5) is 0 Å². The van der Waals surface area contributed by atoms with Crippen LogP contribution in [-0.4, -0.2) is 33.7 Å². The van der Waals surface area contributed by atoms with Crippen molar-refractivity contribution in [1.82, 2.24) is 9.88 Å². The molecule has 1 amide bonds. The Balaban J connectivity index is 1.70. The first kappa shape index (κ1) is 13.6. The summed E-state index contributed by atoms with van der Waals surface area (Å²) in [4.78, 5) is 18.3. The number of rotatable bonds is 2. The van der Waals surface area contributed by atoms with Gasteiger partial charge in [-0.1, -0.05) is 28.1 Å². The molecule has 1 fully saturated rings. The molecule has 106 valence electrons. The lowest BCUT2D eigenvalue weighted by Gasteiger charge is -2.31. The van der Waals surface area contributed by atoms with Crippen LogP contribution >= 0.6 is 15.9 Å². The molecule has 0 radical (unpaired) electrons. The zero-order valence-corrected chi connectivity index (χ0v) is 13.0. The number of para-hydroxylation sites is 2. The van der Waals surface area contributed by atoms with Gasteiger partial charge in [0.1, 0.15) is 5.52 Å². The fourth-order valence-electron chi connectivity index (χ4n) is 2.66. The van der Waals surface area contributed by atoms with E-state index in [1.54, 1.807) is 0 Å². The van der Waals surface area contributed by atoms with E-state index in [9.17, 15) is 4.79 Å². The molecule has 0 bridgehead atoms. The lowest BCUT2D eigenvalue weighted by atomic mass is 9.96. The van der Waals surface area contributed by atoms with Crippen LogP contribution in [0.1, 0.15) is 31.6 Å².